The summed E-state index contributed by atoms with van der Waals surface area (Å²) in [5.74, 6) is 0.725. The molecule has 6 nitrogen and oxygen atoms in total. The summed E-state index contributed by atoms with van der Waals surface area (Å²) in [7, 11) is 6.08. The van der Waals surface area contributed by atoms with Crippen LogP contribution in [0.1, 0.15) is 11.8 Å². The van der Waals surface area contributed by atoms with Gasteiger partial charge in [0.25, 0.3) is 0 Å². The van der Waals surface area contributed by atoms with Gasteiger partial charge in [0.05, 0.1) is 6.54 Å². The van der Waals surface area contributed by atoms with E-state index >= 15 is 0 Å². The van der Waals surface area contributed by atoms with Crippen molar-refractivity contribution in [2.75, 3.05) is 53.9 Å². The van der Waals surface area contributed by atoms with Crippen LogP contribution in [-0.2, 0) is 5.60 Å². The predicted molar refractivity (Wildman–Crippen MR) is 97.2 cm³/mol. The van der Waals surface area contributed by atoms with Crippen LogP contribution in [0.4, 0.5) is 0 Å². The summed E-state index contributed by atoms with van der Waals surface area (Å²) in [5.41, 5.74) is -0.895. The lowest BCUT2D eigenvalue weighted by Crippen LogP contribution is -2.55. The molecule has 3 N–H and O–H groups in total. The van der Waals surface area contributed by atoms with Crippen LogP contribution in [-0.4, -0.2) is 80.8 Å². The quantitative estimate of drug-likeness (QED) is 0.534. The maximum atomic E-state index is 10.6. The van der Waals surface area contributed by atoms with Crippen molar-refractivity contribution in [1.82, 2.24) is 20.4 Å². The second-order valence-corrected chi connectivity index (χ2v) is 7.40. The fourth-order valence-electron chi connectivity index (χ4n) is 2.68. The van der Waals surface area contributed by atoms with Gasteiger partial charge in [0.1, 0.15) is 5.60 Å². The van der Waals surface area contributed by atoms with Gasteiger partial charge in [-0.3, -0.25) is 9.89 Å². The molecule has 1 aliphatic heterocycles. The first-order valence-corrected chi connectivity index (χ1v) is 8.90. The lowest BCUT2D eigenvalue weighted by molar-refractivity contribution is 0.0654. The lowest BCUT2D eigenvalue weighted by Gasteiger charge is -2.38. The Hall–Kier alpha value is -1.15. The summed E-state index contributed by atoms with van der Waals surface area (Å²) in [6.07, 6.45) is 0. The van der Waals surface area contributed by atoms with E-state index in [1.165, 1.54) is 0 Å². The molecule has 130 valence electrons. The highest BCUT2D eigenvalue weighted by Gasteiger charge is 2.25. The van der Waals surface area contributed by atoms with E-state index in [-0.39, 0.29) is 0 Å². The molecular formula is C16H29N5OS. The standard InChI is InChI=1S/C16H29N5OS/c1-16(22,14-6-5-9-23-14)12-19-15(17-2)18-10-13-11-20(3)7-8-21(13)4/h5-6,9,13,22H,7-8,10-12H2,1-4H3,(H2,17,18,19). The van der Waals surface area contributed by atoms with Crippen LogP contribution in [0, 0.1) is 0 Å². The number of thiophene rings is 1. The maximum Gasteiger partial charge on any atom is 0.191 e. The summed E-state index contributed by atoms with van der Waals surface area (Å²) >= 11 is 1.56. The second-order valence-electron chi connectivity index (χ2n) is 6.45. The minimum absolute atomic E-state index is 0.424. The highest BCUT2D eigenvalue weighted by molar-refractivity contribution is 7.10. The maximum absolute atomic E-state index is 10.6. The van der Waals surface area contributed by atoms with Crippen LogP contribution < -0.4 is 10.6 Å². The highest BCUT2D eigenvalue weighted by atomic mass is 32.1. The average Bonchev–Trinajstić information content (AvgIpc) is 3.06. The summed E-state index contributed by atoms with van der Waals surface area (Å²) < 4.78 is 0. The van der Waals surface area contributed by atoms with E-state index < -0.39 is 5.60 Å². The monoisotopic (exact) mass is 339 g/mol. The van der Waals surface area contributed by atoms with Crippen LogP contribution in [0.3, 0.4) is 0 Å². The van der Waals surface area contributed by atoms with Crippen LogP contribution in [0.25, 0.3) is 0 Å². The molecule has 1 aliphatic rings. The molecule has 1 saturated heterocycles. The molecular weight excluding hydrogens is 310 g/mol. The Morgan fingerprint density at radius 3 is 2.87 bits per heavy atom. The number of piperazine rings is 1. The zero-order valence-corrected chi connectivity index (χ0v) is 15.4. The fourth-order valence-corrected chi connectivity index (χ4v) is 3.47. The molecule has 0 amide bonds. The normalized spacial score (nSPS) is 23.5. The molecule has 2 rings (SSSR count). The largest absolute Gasteiger partial charge is 0.383 e. The fraction of sp³-hybridized carbons (Fsp3) is 0.688. The summed E-state index contributed by atoms with van der Waals surface area (Å²) in [4.78, 5) is 9.94. The third-order valence-electron chi connectivity index (χ3n) is 4.36. The summed E-state index contributed by atoms with van der Waals surface area (Å²) in [6, 6.07) is 4.37. The predicted octanol–water partition coefficient (Wildman–Crippen LogP) is 0.366. The SMILES string of the molecule is CN=C(NCC1CN(C)CCN1C)NCC(C)(O)c1cccs1. The third kappa shape index (κ3) is 5.17. The molecule has 1 aromatic heterocycles. The number of hydrogen-bond acceptors (Lipinski definition) is 5. The first kappa shape index (κ1) is 18.2. The molecule has 0 spiro atoms. The van der Waals surface area contributed by atoms with E-state index in [1.54, 1.807) is 18.4 Å². The average molecular weight is 340 g/mol. The Morgan fingerprint density at radius 2 is 2.22 bits per heavy atom. The third-order valence-corrected chi connectivity index (χ3v) is 5.48. The van der Waals surface area contributed by atoms with Crippen molar-refractivity contribution in [3.05, 3.63) is 22.4 Å². The molecule has 0 radical (unpaired) electrons. The minimum Gasteiger partial charge on any atom is -0.383 e. The molecule has 2 unspecified atom stereocenters. The van der Waals surface area contributed by atoms with Crippen molar-refractivity contribution in [3.63, 3.8) is 0 Å². The molecule has 2 atom stereocenters. The van der Waals surface area contributed by atoms with Crippen molar-refractivity contribution >= 4 is 17.3 Å². The van der Waals surface area contributed by atoms with Crippen LogP contribution in [0.5, 0.6) is 0 Å². The minimum atomic E-state index is -0.895. The van der Waals surface area contributed by atoms with E-state index in [9.17, 15) is 5.11 Å². The van der Waals surface area contributed by atoms with E-state index in [2.05, 4.69) is 39.5 Å². The Labute approximate surface area is 143 Å². The van der Waals surface area contributed by atoms with Gasteiger partial charge >= 0.3 is 0 Å². The van der Waals surface area contributed by atoms with Crippen molar-refractivity contribution in [3.8, 4) is 0 Å². The van der Waals surface area contributed by atoms with Crippen molar-refractivity contribution in [2.45, 2.75) is 18.6 Å². The lowest BCUT2D eigenvalue weighted by atomic mass is 10.1. The molecule has 7 heteroatoms. The summed E-state index contributed by atoms with van der Waals surface area (Å²) in [5, 5.41) is 19.1. The van der Waals surface area contributed by atoms with Crippen LogP contribution in [0.2, 0.25) is 0 Å². The molecule has 23 heavy (non-hydrogen) atoms. The number of aliphatic imine (C=N–C) groups is 1. The number of nitrogens with one attached hydrogen (secondary N) is 2. The van der Waals surface area contributed by atoms with Crippen LogP contribution >= 0.6 is 11.3 Å². The van der Waals surface area contributed by atoms with Crippen LogP contribution in [0.15, 0.2) is 22.5 Å². The number of hydrogen-bond donors (Lipinski definition) is 3. The molecule has 2 heterocycles. The molecule has 0 saturated carbocycles. The molecule has 0 aromatic carbocycles. The molecule has 1 aromatic rings. The Balaban J connectivity index is 1.82. The number of nitrogens with zero attached hydrogens (tertiary/aromatic N) is 3. The van der Waals surface area contributed by atoms with Gasteiger partial charge in [-0.25, -0.2) is 0 Å². The topological polar surface area (TPSA) is 63.1 Å². The molecule has 1 fully saturated rings. The van der Waals surface area contributed by atoms with Gasteiger partial charge < -0.3 is 20.6 Å². The molecule has 0 bridgehead atoms. The Morgan fingerprint density at radius 1 is 1.43 bits per heavy atom. The Bertz CT molecular complexity index is 503. The highest BCUT2D eigenvalue weighted by Crippen LogP contribution is 2.24. The van der Waals surface area contributed by atoms with Gasteiger partial charge in [0, 0.05) is 44.1 Å². The number of guanidine groups is 1. The zero-order valence-electron chi connectivity index (χ0n) is 14.5. The van der Waals surface area contributed by atoms with Crippen molar-refractivity contribution < 1.29 is 5.11 Å². The number of likely N-dealkylation sites (N-methyl/N-ethyl adjacent to an activating group) is 2. The van der Waals surface area contributed by atoms with Crippen molar-refractivity contribution in [2.24, 2.45) is 4.99 Å². The second kappa shape index (κ2) is 8.10. The van der Waals surface area contributed by atoms with Crippen molar-refractivity contribution in [1.29, 1.82) is 0 Å². The summed E-state index contributed by atoms with van der Waals surface area (Å²) in [6.45, 7) is 6.33. The smallest absolute Gasteiger partial charge is 0.191 e. The van der Waals surface area contributed by atoms with Gasteiger partial charge in [-0.2, -0.15) is 0 Å². The van der Waals surface area contributed by atoms with E-state index in [1.807, 2.05) is 24.4 Å². The van der Waals surface area contributed by atoms with E-state index in [4.69, 9.17) is 0 Å². The molecule has 0 aliphatic carbocycles. The van der Waals surface area contributed by atoms with Gasteiger partial charge in [-0.15, -0.1) is 11.3 Å². The van der Waals surface area contributed by atoms with E-state index in [0.717, 1.165) is 37.0 Å². The van der Waals surface area contributed by atoms with Gasteiger partial charge in [-0.1, -0.05) is 6.07 Å². The number of rotatable bonds is 5. The first-order chi connectivity index (χ1) is 10.9. The zero-order chi connectivity index (χ0) is 16.9. The van der Waals surface area contributed by atoms with Gasteiger partial charge in [0.2, 0.25) is 0 Å². The number of aliphatic hydroxyl groups is 1. The first-order valence-electron chi connectivity index (χ1n) is 8.02. The van der Waals surface area contributed by atoms with Gasteiger partial charge in [-0.05, 0) is 32.5 Å². The Kier molecular flexibility index (Phi) is 6.41. The van der Waals surface area contributed by atoms with Gasteiger partial charge in [0.15, 0.2) is 5.96 Å². The van der Waals surface area contributed by atoms with E-state index in [0.29, 0.717) is 12.6 Å².